The number of para-hydroxylation sites is 2. The first kappa shape index (κ1) is 35.2. The minimum absolute atomic E-state index is 0.608. The summed E-state index contributed by atoms with van der Waals surface area (Å²) >= 11 is 0. The number of furan rings is 1. The van der Waals surface area contributed by atoms with Gasteiger partial charge in [0.15, 0.2) is 17.5 Å². The third-order valence-corrected chi connectivity index (χ3v) is 12.4. The summed E-state index contributed by atoms with van der Waals surface area (Å²) in [6, 6.07) is 74.4. The minimum atomic E-state index is 0.608. The average Bonchev–Trinajstić information content (AvgIpc) is 4.02. The van der Waals surface area contributed by atoms with Gasteiger partial charge in [-0.1, -0.05) is 158 Å². The van der Waals surface area contributed by atoms with Crippen LogP contribution >= 0.6 is 0 Å². The van der Waals surface area contributed by atoms with E-state index in [1.807, 2.05) is 60.7 Å². The molecule has 0 bridgehead atoms. The number of aromatic nitrogens is 5. The topological polar surface area (TPSA) is 61.7 Å². The number of nitrogens with zero attached hydrogens (tertiary/aromatic N) is 5. The van der Waals surface area contributed by atoms with Crippen LogP contribution in [0.15, 0.2) is 217 Å². The molecule has 13 aromatic rings. The standard InChI is InChI=1S/C57H35N5O/c1-5-16-36(17-6-1)39-28-30-43-42-24-13-14-25-45(42)62(48(43)34-39)46-26-15-27-50-53(46)54-51(63-50)33-32-47-52(54)44-31-29-40(35-49(44)61(47)41-22-11-4-12-23-41)57-59-55(37-18-7-2-8-19-37)58-56(60-57)38-20-9-3-10-21-38/h1-35H. The van der Waals surface area contributed by atoms with Crippen molar-refractivity contribution in [1.29, 1.82) is 0 Å². The van der Waals surface area contributed by atoms with Gasteiger partial charge in [0, 0.05) is 49.3 Å². The Hall–Kier alpha value is -8.61. The van der Waals surface area contributed by atoms with Gasteiger partial charge in [0.1, 0.15) is 11.2 Å². The molecule has 4 aromatic heterocycles. The zero-order valence-electron chi connectivity index (χ0n) is 33.9. The molecule has 4 heterocycles. The van der Waals surface area contributed by atoms with Crippen LogP contribution in [-0.4, -0.2) is 24.1 Å². The third kappa shape index (κ3) is 5.55. The molecule has 0 saturated carbocycles. The SMILES string of the molecule is c1ccc(-c2ccc3c4ccccc4n(-c4cccc5oc6ccc7c(c8ccc(-c9nc(-c%10ccccc%10)nc(-c%10ccccc%10)n9)cc8n7-c7ccccc7)c6c45)c3c2)cc1. The molecule has 0 fully saturated rings. The first-order valence-electron chi connectivity index (χ1n) is 21.2. The molecule has 0 unspecified atom stereocenters. The molecule has 0 atom stereocenters. The van der Waals surface area contributed by atoms with Gasteiger partial charge in [0.25, 0.3) is 0 Å². The van der Waals surface area contributed by atoms with E-state index in [-0.39, 0.29) is 0 Å². The summed E-state index contributed by atoms with van der Waals surface area (Å²) in [5.41, 5.74) is 13.3. The van der Waals surface area contributed by atoms with Gasteiger partial charge in [-0.05, 0) is 65.7 Å². The van der Waals surface area contributed by atoms with Crippen molar-refractivity contribution < 1.29 is 4.42 Å². The zero-order valence-corrected chi connectivity index (χ0v) is 33.9. The molecule has 6 nitrogen and oxygen atoms in total. The fourth-order valence-corrected chi connectivity index (χ4v) is 9.56. The second kappa shape index (κ2) is 14.0. The van der Waals surface area contributed by atoms with E-state index < -0.39 is 0 Å². The summed E-state index contributed by atoms with van der Waals surface area (Å²) in [7, 11) is 0. The Bertz CT molecular complexity index is 3830. The number of benzene rings is 9. The minimum Gasteiger partial charge on any atom is -0.456 e. The monoisotopic (exact) mass is 805 g/mol. The fourth-order valence-electron chi connectivity index (χ4n) is 9.56. The van der Waals surface area contributed by atoms with Crippen molar-refractivity contribution in [3.05, 3.63) is 212 Å². The Morgan fingerprint density at radius 2 is 0.841 bits per heavy atom. The van der Waals surface area contributed by atoms with E-state index >= 15 is 0 Å². The summed E-state index contributed by atoms with van der Waals surface area (Å²) in [5, 5.41) is 6.79. The van der Waals surface area contributed by atoms with Gasteiger partial charge in [-0.2, -0.15) is 0 Å². The summed E-state index contributed by atoms with van der Waals surface area (Å²) in [6.07, 6.45) is 0. The molecule has 0 amide bonds. The predicted molar refractivity (Wildman–Crippen MR) is 258 cm³/mol. The van der Waals surface area contributed by atoms with Gasteiger partial charge >= 0.3 is 0 Å². The Morgan fingerprint density at radius 3 is 1.56 bits per heavy atom. The van der Waals surface area contributed by atoms with E-state index in [2.05, 4.69) is 161 Å². The van der Waals surface area contributed by atoms with E-state index in [1.165, 1.54) is 21.9 Å². The van der Waals surface area contributed by atoms with Crippen LogP contribution in [0.1, 0.15) is 0 Å². The van der Waals surface area contributed by atoms with Gasteiger partial charge in [-0.15, -0.1) is 0 Å². The number of hydrogen-bond donors (Lipinski definition) is 0. The van der Waals surface area contributed by atoms with Crippen LogP contribution in [0.25, 0.3) is 122 Å². The molecule has 13 rings (SSSR count). The Morgan fingerprint density at radius 1 is 0.302 bits per heavy atom. The lowest BCUT2D eigenvalue weighted by molar-refractivity contribution is 0.669. The van der Waals surface area contributed by atoms with Gasteiger partial charge in [-0.3, -0.25) is 0 Å². The van der Waals surface area contributed by atoms with Crippen LogP contribution in [0.3, 0.4) is 0 Å². The largest absolute Gasteiger partial charge is 0.456 e. The summed E-state index contributed by atoms with van der Waals surface area (Å²) in [4.78, 5) is 15.2. The third-order valence-electron chi connectivity index (χ3n) is 12.4. The van der Waals surface area contributed by atoms with Crippen molar-refractivity contribution in [1.82, 2.24) is 24.1 Å². The molecule has 0 aliphatic carbocycles. The van der Waals surface area contributed by atoms with Gasteiger partial charge in [0.2, 0.25) is 0 Å². The van der Waals surface area contributed by atoms with Crippen molar-refractivity contribution in [2.24, 2.45) is 0 Å². The second-order valence-corrected chi connectivity index (χ2v) is 16.0. The quantitative estimate of drug-likeness (QED) is 0.168. The van der Waals surface area contributed by atoms with Crippen molar-refractivity contribution in [3.8, 4) is 56.7 Å². The highest BCUT2D eigenvalue weighted by molar-refractivity contribution is 6.29. The maximum absolute atomic E-state index is 6.83. The Balaban J connectivity index is 1.10. The van der Waals surface area contributed by atoms with Crippen LogP contribution in [0.5, 0.6) is 0 Å². The number of rotatable bonds is 6. The molecule has 0 aliphatic rings. The molecule has 0 saturated heterocycles. The van der Waals surface area contributed by atoms with Crippen LogP contribution in [0, 0.1) is 0 Å². The molecular weight excluding hydrogens is 771 g/mol. The van der Waals surface area contributed by atoms with E-state index in [0.717, 1.165) is 82.8 Å². The molecule has 9 aromatic carbocycles. The van der Waals surface area contributed by atoms with Crippen molar-refractivity contribution in [2.45, 2.75) is 0 Å². The lowest BCUT2D eigenvalue weighted by Crippen LogP contribution is -2.00. The van der Waals surface area contributed by atoms with E-state index in [0.29, 0.717) is 17.5 Å². The van der Waals surface area contributed by atoms with E-state index in [4.69, 9.17) is 19.4 Å². The molecule has 0 aliphatic heterocycles. The molecular formula is C57H35N5O. The number of fused-ring (bicyclic) bond motifs is 10. The highest BCUT2D eigenvalue weighted by atomic mass is 16.3. The molecule has 0 N–H and O–H groups in total. The molecule has 63 heavy (non-hydrogen) atoms. The fraction of sp³-hybridized carbons (Fsp3) is 0. The second-order valence-electron chi connectivity index (χ2n) is 16.0. The Kier molecular flexibility index (Phi) is 7.80. The number of hydrogen-bond acceptors (Lipinski definition) is 4. The molecule has 294 valence electrons. The van der Waals surface area contributed by atoms with Crippen molar-refractivity contribution in [3.63, 3.8) is 0 Å². The summed E-state index contributed by atoms with van der Waals surface area (Å²) in [6.45, 7) is 0. The first-order chi connectivity index (χ1) is 31.2. The molecule has 6 heteroatoms. The highest BCUT2D eigenvalue weighted by Gasteiger charge is 2.24. The molecule has 0 spiro atoms. The van der Waals surface area contributed by atoms with Gasteiger partial charge < -0.3 is 13.6 Å². The van der Waals surface area contributed by atoms with Gasteiger partial charge in [0.05, 0.1) is 33.1 Å². The normalized spacial score (nSPS) is 11.8. The maximum atomic E-state index is 6.83. The first-order valence-corrected chi connectivity index (χ1v) is 21.2. The average molecular weight is 806 g/mol. The summed E-state index contributed by atoms with van der Waals surface area (Å²) < 4.78 is 11.6. The van der Waals surface area contributed by atoms with E-state index in [1.54, 1.807) is 0 Å². The Labute approximate surface area is 361 Å². The van der Waals surface area contributed by atoms with E-state index in [9.17, 15) is 0 Å². The van der Waals surface area contributed by atoms with Crippen LogP contribution in [0.4, 0.5) is 0 Å². The van der Waals surface area contributed by atoms with Gasteiger partial charge in [-0.25, -0.2) is 15.0 Å². The predicted octanol–water partition coefficient (Wildman–Crippen LogP) is 14.6. The lowest BCUT2D eigenvalue weighted by Gasteiger charge is -2.11. The molecule has 0 radical (unpaired) electrons. The van der Waals surface area contributed by atoms with Crippen LogP contribution in [0.2, 0.25) is 0 Å². The maximum Gasteiger partial charge on any atom is 0.164 e. The highest BCUT2D eigenvalue weighted by Crippen LogP contribution is 2.45. The van der Waals surface area contributed by atoms with Crippen LogP contribution < -0.4 is 0 Å². The summed E-state index contributed by atoms with van der Waals surface area (Å²) in [5.74, 6) is 1.86. The lowest BCUT2D eigenvalue weighted by atomic mass is 10.0. The van der Waals surface area contributed by atoms with Crippen molar-refractivity contribution in [2.75, 3.05) is 0 Å². The van der Waals surface area contributed by atoms with Crippen LogP contribution in [-0.2, 0) is 0 Å². The zero-order chi connectivity index (χ0) is 41.4. The van der Waals surface area contributed by atoms with Crippen molar-refractivity contribution >= 4 is 65.6 Å². The smallest absolute Gasteiger partial charge is 0.164 e.